The molecule has 0 aromatic carbocycles. The molecule has 0 saturated heterocycles. The summed E-state index contributed by atoms with van der Waals surface area (Å²) in [6.45, 7) is 6.36. The molecule has 2 rings (SSSR count). The van der Waals surface area contributed by atoms with Gasteiger partial charge >= 0.3 is 0 Å². The van der Waals surface area contributed by atoms with E-state index in [1.165, 1.54) is 17.7 Å². The molecule has 1 aromatic heterocycles. The van der Waals surface area contributed by atoms with Crippen LogP contribution < -0.4 is 5.32 Å². The lowest BCUT2D eigenvalue weighted by Crippen LogP contribution is -2.40. The summed E-state index contributed by atoms with van der Waals surface area (Å²) in [5.41, 5.74) is 0. The zero-order valence-corrected chi connectivity index (χ0v) is 16.7. The first-order valence-corrected chi connectivity index (χ1v) is 8.77. The average molecular weight is 437 g/mol. The quantitative estimate of drug-likeness (QED) is 0.279. The number of aliphatic imine (C=N–C) groups is 1. The van der Waals surface area contributed by atoms with Crippen LogP contribution in [-0.4, -0.2) is 50.8 Å². The van der Waals surface area contributed by atoms with Crippen molar-refractivity contribution < 1.29 is 4.74 Å². The van der Waals surface area contributed by atoms with Gasteiger partial charge in [0.15, 0.2) is 5.96 Å². The van der Waals surface area contributed by atoms with E-state index in [1.807, 2.05) is 11.3 Å². The summed E-state index contributed by atoms with van der Waals surface area (Å²) in [6, 6.07) is 4.30. The van der Waals surface area contributed by atoms with E-state index in [2.05, 4.69) is 46.7 Å². The highest BCUT2D eigenvalue weighted by molar-refractivity contribution is 14.0. The standard InChI is InChI=1S/C16H27N3OS.HI/c1-3-17-16(18-9-11-20-13-14-6-7-14)19(2)10-8-15-5-4-12-21-15;/h4-5,12,14H,3,6-11,13H2,1-2H3,(H,17,18);1H. The molecule has 22 heavy (non-hydrogen) atoms. The van der Waals surface area contributed by atoms with Crippen molar-refractivity contribution in [3.8, 4) is 0 Å². The van der Waals surface area contributed by atoms with Crippen molar-refractivity contribution in [2.24, 2.45) is 10.9 Å². The molecule has 0 spiro atoms. The SMILES string of the molecule is CCNC(=NCCOCC1CC1)N(C)CCc1cccs1.I. The first-order valence-electron chi connectivity index (χ1n) is 7.89. The fourth-order valence-corrected chi connectivity index (χ4v) is 2.76. The molecule has 6 heteroatoms. The summed E-state index contributed by atoms with van der Waals surface area (Å²) in [4.78, 5) is 8.26. The van der Waals surface area contributed by atoms with Crippen LogP contribution in [0.2, 0.25) is 0 Å². The van der Waals surface area contributed by atoms with Gasteiger partial charge in [0.05, 0.1) is 13.2 Å². The Bertz CT molecular complexity index is 421. The van der Waals surface area contributed by atoms with E-state index in [0.29, 0.717) is 0 Å². The minimum Gasteiger partial charge on any atom is -0.379 e. The zero-order chi connectivity index (χ0) is 14.9. The zero-order valence-electron chi connectivity index (χ0n) is 13.6. The lowest BCUT2D eigenvalue weighted by Gasteiger charge is -2.21. The number of likely N-dealkylation sites (N-methyl/N-ethyl adjacent to an activating group) is 1. The molecule has 1 N–H and O–H groups in total. The van der Waals surface area contributed by atoms with Gasteiger partial charge in [-0.3, -0.25) is 4.99 Å². The Morgan fingerprint density at radius 3 is 2.95 bits per heavy atom. The van der Waals surface area contributed by atoms with Gasteiger partial charge in [-0.1, -0.05) is 6.07 Å². The number of rotatable bonds is 9. The Labute approximate surface area is 155 Å². The van der Waals surface area contributed by atoms with Gasteiger partial charge in [0.25, 0.3) is 0 Å². The molecule has 1 aliphatic rings. The van der Waals surface area contributed by atoms with Gasteiger partial charge in [0.2, 0.25) is 0 Å². The van der Waals surface area contributed by atoms with Crippen molar-refractivity contribution in [3.63, 3.8) is 0 Å². The van der Waals surface area contributed by atoms with Crippen LogP contribution in [0.15, 0.2) is 22.5 Å². The number of nitrogens with one attached hydrogen (secondary N) is 1. The van der Waals surface area contributed by atoms with Gasteiger partial charge in [-0.15, -0.1) is 35.3 Å². The topological polar surface area (TPSA) is 36.9 Å². The fraction of sp³-hybridized carbons (Fsp3) is 0.688. The fourth-order valence-electron chi connectivity index (χ4n) is 2.06. The summed E-state index contributed by atoms with van der Waals surface area (Å²) in [5.74, 6) is 1.81. The number of ether oxygens (including phenoxy) is 1. The maximum atomic E-state index is 5.63. The highest BCUT2D eigenvalue weighted by Crippen LogP contribution is 2.28. The molecule has 0 amide bonds. The second-order valence-electron chi connectivity index (χ2n) is 5.50. The Balaban J connectivity index is 0.00000242. The molecule has 1 aliphatic carbocycles. The molecule has 0 bridgehead atoms. The minimum absolute atomic E-state index is 0. The highest BCUT2D eigenvalue weighted by atomic mass is 127. The predicted octanol–water partition coefficient (Wildman–Crippen LogP) is 3.23. The summed E-state index contributed by atoms with van der Waals surface area (Å²) in [5, 5.41) is 5.48. The van der Waals surface area contributed by atoms with Crippen LogP contribution in [0, 0.1) is 5.92 Å². The average Bonchev–Trinajstić information content (AvgIpc) is 3.16. The molecular weight excluding hydrogens is 409 g/mol. The molecule has 1 saturated carbocycles. The van der Waals surface area contributed by atoms with Crippen LogP contribution in [0.1, 0.15) is 24.6 Å². The molecule has 4 nitrogen and oxygen atoms in total. The van der Waals surface area contributed by atoms with Gasteiger partial charge in [0, 0.05) is 31.6 Å². The molecule has 126 valence electrons. The molecule has 0 radical (unpaired) electrons. The van der Waals surface area contributed by atoms with Crippen LogP contribution in [0.3, 0.4) is 0 Å². The van der Waals surface area contributed by atoms with Crippen LogP contribution in [0.4, 0.5) is 0 Å². The normalized spacial score (nSPS) is 14.5. The Hall–Kier alpha value is -0.340. The first-order chi connectivity index (χ1) is 10.3. The van der Waals surface area contributed by atoms with E-state index in [-0.39, 0.29) is 24.0 Å². The summed E-state index contributed by atoms with van der Waals surface area (Å²) < 4.78 is 5.63. The summed E-state index contributed by atoms with van der Waals surface area (Å²) in [7, 11) is 2.10. The van der Waals surface area contributed by atoms with E-state index in [1.54, 1.807) is 0 Å². The van der Waals surface area contributed by atoms with Crippen molar-refractivity contribution in [3.05, 3.63) is 22.4 Å². The predicted molar refractivity (Wildman–Crippen MR) is 106 cm³/mol. The smallest absolute Gasteiger partial charge is 0.193 e. The van der Waals surface area contributed by atoms with Crippen molar-refractivity contribution in [1.29, 1.82) is 0 Å². The summed E-state index contributed by atoms with van der Waals surface area (Å²) >= 11 is 1.82. The third kappa shape index (κ3) is 7.78. The molecule has 0 unspecified atom stereocenters. The second kappa shape index (κ2) is 11.2. The van der Waals surface area contributed by atoms with Crippen molar-refractivity contribution >= 4 is 41.3 Å². The van der Waals surface area contributed by atoms with E-state index >= 15 is 0 Å². The molecule has 1 fully saturated rings. The van der Waals surface area contributed by atoms with Gasteiger partial charge < -0.3 is 15.0 Å². The van der Waals surface area contributed by atoms with Gasteiger partial charge in [-0.25, -0.2) is 0 Å². The maximum Gasteiger partial charge on any atom is 0.193 e. The van der Waals surface area contributed by atoms with Crippen LogP contribution in [0.25, 0.3) is 0 Å². The van der Waals surface area contributed by atoms with Crippen LogP contribution in [0.5, 0.6) is 0 Å². The van der Waals surface area contributed by atoms with Crippen LogP contribution in [-0.2, 0) is 11.2 Å². The van der Waals surface area contributed by atoms with Crippen molar-refractivity contribution in [1.82, 2.24) is 10.2 Å². The molecule has 1 aromatic rings. The Morgan fingerprint density at radius 2 is 2.32 bits per heavy atom. The molecule has 0 atom stereocenters. The van der Waals surface area contributed by atoms with Gasteiger partial charge in [-0.05, 0) is 43.6 Å². The number of guanidine groups is 1. The maximum absolute atomic E-state index is 5.63. The molecule has 1 heterocycles. The number of thiophene rings is 1. The third-order valence-corrected chi connectivity index (χ3v) is 4.45. The number of hydrogen-bond donors (Lipinski definition) is 1. The van der Waals surface area contributed by atoms with E-state index in [0.717, 1.165) is 51.1 Å². The second-order valence-corrected chi connectivity index (χ2v) is 6.54. The Kier molecular flexibility index (Phi) is 10.1. The third-order valence-electron chi connectivity index (χ3n) is 3.52. The number of hydrogen-bond acceptors (Lipinski definition) is 3. The molecular formula is C16H28IN3OS. The first kappa shape index (κ1) is 19.7. The Morgan fingerprint density at radius 1 is 1.50 bits per heavy atom. The van der Waals surface area contributed by atoms with Crippen LogP contribution >= 0.6 is 35.3 Å². The lowest BCUT2D eigenvalue weighted by atomic mass is 10.3. The van der Waals surface area contributed by atoms with Crippen molar-refractivity contribution in [2.45, 2.75) is 26.2 Å². The van der Waals surface area contributed by atoms with Gasteiger partial charge in [0.1, 0.15) is 0 Å². The van der Waals surface area contributed by atoms with E-state index < -0.39 is 0 Å². The summed E-state index contributed by atoms with van der Waals surface area (Å²) in [6.07, 6.45) is 3.76. The highest BCUT2D eigenvalue weighted by Gasteiger charge is 2.20. The molecule has 0 aliphatic heterocycles. The van der Waals surface area contributed by atoms with E-state index in [9.17, 15) is 0 Å². The monoisotopic (exact) mass is 437 g/mol. The van der Waals surface area contributed by atoms with Crippen molar-refractivity contribution in [2.75, 3.05) is 39.9 Å². The van der Waals surface area contributed by atoms with E-state index in [4.69, 9.17) is 4.74 Å². The largest absolute Gasteiger partial charge is 0.379 e. The minimum atomic E-state index is 0. The van der Waals surface area contributed by atoms with Gasteiger partial charge in [-0.2, -0.15) is 0 Å². The number of halogens is 1. The lowest BCUT2D eigenvalue weighted by molar-refractivity contribution is 0.131. The number of nitrogens with zero attached hydrogens (tertiary/aromatic N) is 2.